The summed E-state index contributed by atoms with van der Waals surface area (Å²) in [4.78, 5) is 50.1. The van der Waals surface area contributed by atoms with Gasteiger partial charge in [-0.2, -0.15) is 0 Å². The normalized spacial score (nSPS) is 15.3. The molecule has 0 aromatic heterocycles. The second-order valence-corrected chi connectivity index (χ2v) is 7.83. The van der Waals surface area contributed by atoms with Crippen molar-refractivity contribution >= 4 is 23.7 Å². The lowest BCUT2D eigenvalue weighted by Crippen LogP contribution is -2.56. The average Bonchev–Trinajstić information content (AvgIpc) is 2.62. The predicted molar refractivity (Wildman–Crippen MR) is 108 cm³/mol. The molecule has 8 heteroatoms. The van der Waals surface area contributed by atoms with Crippen LogP contribution in [0.4, 0.5) is 0 Å². The first-order chi connectivity index (χ1) is 13.0. The highest BCUT2D eigenvalue weighted by atomic mass is 16.4. The van der Waals surface area contributed by atoms with Crippen molar-refractivity contribution in [3.05, 3.63) is 0 Å². The third-order valence-corrected chi connectivity index (χ3v) is 4.90. The van der Waals surface area contributed by atoms with Crippen LogP contribution in [-0.4, -0.2) is 58.9 Å². The third-order valence-electron chi connectivity index (χ3n) is 4.90. The second-order valence-electron chi connectivity index (χ2n) is 7.83. The number of likely N-dealkylation sites (N-methyl/N-ethyl adjacent to an activating group) is 1. The van der Waals surface area contributed by atoms with Gasteiger partial charge in [0, 0.05) is 13.5 Å². The van der Waals surface area contributed by atoms with Crippen LogP contribution in [0.3, 0.4) is 0 Å². The number of aliphatic carboxylic acids is 1. The van der Waals surface area contributed by atoms with Gasteiger partial charge in [0.25, 0.3) is 0 Å². The minimum Gasteiger partial charge on any atom is -0.480 e. The summed E-state index contributed by atoms with van der Waals surface area (Å²) < 4.78 is 0. The summed E-state index contributed by atoms with van der Waals surface area (Å²) in [7, 11) is 1.49. The predicted octanol–water partition coefficient (Wildman–Crippen LogP) is 1.78. The maximum atomic E-state index is 12.9. The number of nitrogens with one attached hydrogen (secondary N) is 2. The molecule has 0 aliphatic heterocycles. The molecule has 3 N–H and O–H groups in total. The van der Waals surface area contributed by atoms with Gasteiger partial charge < -0.3 is 20.6 Å². The van der Waals surface area contributed by atoms with Gasteiger partial charge in [0.2, 0.25) is 17.7 Å². The van der Waals surface area contributed by atoms with Crippen LogP contribution in [0.1, 0.15) is 67.2 Å². The Labute approximate surface area is 168 Å². The molecule has 0 aliphatic carbocycles. The number of carbonyl (C=O) groups is 4. The van der Waals surface area contributed by atoms with Gasteiger partial charge >= 0.3 is 5.97 Å². The van der Waals surface area contributed by atoms with E-state index in [1.807, 2.05) is 34.6 Å². The van der Waals surface area contributed by atoms with Crippen molar-refractivity contribution in [2.75, 3.05) is 7.05 Å². The van der Waals surface area contributed by atoms with Crippen molar-refractivity contribution in [3.8, 4) is 0 Å². The number of carbonyl (C=O) groups excluding carboxylic acids is 3. The van der Waals surface area contributed by atoms with E-state index in [-0.39, 0.29) is 23.7 Å². The number of carboxylic acids is 1. The van der Waals surface area contributed by atoms with Crippen molar-refractivity contribution in [2.45, 2.75) is 85.4 Å². The van der Waals surface area contributed by atoms with Crippen molar-refractivity contribution in [1.29, 1.82) is 0 Å². The Morgan fingerprint density at radius 2 is 1.57 bits per heavy atom. The van der Waals surface area contributed by atoms with E-state index in [0.717, 1.165) is 0 Å². The Bertz CT molecular complexity index is 550. The van der Waals surface area contributed by atoms with E-state index in [9.17, 15) is 24.3 Å². The molecular weight excluding hydrogens is 362 g/mol. The Balaban J connectivity index is 5.23. The molecule has 0 heterocycles. The molecule has 0 saturated heterocycles. The Hall–Kier alpha value is -2.12. The fourth-order valence-corrected chi connectivity index (χ4v) is 2.73. The van der Waals surface area contributed by atoms with E-state index in [4.69, 9.17) is 0 Å². The Kier molecular flexibility index (Phi) is 11.4. The van der Waals surface area contributed by atoms with Crippen LogP contribution in [0.15, 0.2) is 0 Å². The third kappa shape index (κ3) is 8.27. The first-order valence-electron chi connectivity index (χ1n) is 10.0. The van der Waals surface area contributed by atoms with Gasteiger partial charge in [0.1, 0.15) is 18.1 Å². The van der Waals surface area contributed by atoms with Crippen LogP contribution < -0.4 is 10.6 Å². The number of hydrogen-bond acceptors (Lipinski definition) is 4. The summed E-state index contributed by atoms with van der Waals surface area (Å²) in [6, 6.07) is -2.60. The van der Waals surface area contributed by atoms with Crippen LogP contribution in [0, 0.1) is 11.8 Å². The van der Waals surface area contributed by atoms with Crippen molar-refractivity contribution in [2.24, 2.45) is 11.8 Å². The van der Waals surface area contributed by atoms with Crippen molar-refractivity contribution in [3.63, 3.8) is 0 Å². The molecule has 0 spiro atoms. The molecule has 0 aliphatic rings. The lowest BCUT2D eigenvalue weighted by molar-refractivity contribution is -0.145. The van der Waals surface area contributed by atoms with E-state index < -0.39 is 30.0 Å². The fraction of sp³-hybridized carbons (Fsp3) is 0.800. The quantitative estimate of drug-likeness (QED) is 0.463. The van der Waals surface area contributed by atoms with Crippen LogP contribution in [0.2, 0.25) is 0 Å². The van der Waals surface area contributed by atoms with Gasteiger partial charge in [-0.15, -0.1) is 0 Å². The molecule has 0 saturated carbocycles. The maximum absolute atomic E-state index is 12.9. The molecular formula is C20H37N3O5. The summed E-state index contributed by atoms with van der Waals surface area (Å²) in [5.74, 6) is -2.20. The van der Waals surface area contributed by atoms with Crippen LogP contribution in [-0.2, 0) is 19.2 Å². The SMILES string of the molecule is CCCC(=O)NC(C(=O)N(C)C(C)C(=O)NC(CC(C)C)C(=O)O)C(C)CC. The minimum atomic E-state index is -1.10. The standard InChI is InChI=1S/C20H37N3O5/c1-8-10-16(24)22-17(13(5)9-2)19(26)23(7)14(6)18(25)21-15(20(27)28)11-12(3)4/h12-15,17H,8-11H2,1-7H3,(H,21,25)(H,22,24)(H,27,28). The summed E-state index contributed by atoms with van der Waals surface area (Å²) in [6.45, 7) is 11.0. The van der Waals surface area contributed by atoms with Gasteiger partial charge in [-0.05, 0) is 31.6 Å². The number of amides is 3. The first kappa shape index (κ1) is 25.9. The first-order valence-corrected chi connectivity index (χ1v) is 10.0. The molecule has 0 bridgehead atoms. The van der Waals surface area contributed by atoms with Gasteiger partial charge in [0.15, 0.2) is 0 Å². The van der Waals surface area contributed by atoms with E-state index >= 15 is 0 Å². The summed E-state index contributed by atoms with van der Waals surface area (Å²) >= 11 is 0. The Morgan fingerprint density at radius 3 is 2.00 bits per heavy atom. The van der Waals surface area contributed by atoms with E-state index in [2.05, 4.69) is 10.6 Å². The molecule has 0 aromatic rings. The van der Waals surface area contributed by atoms with Gasteiger partial charge in [-0.1, -0.05) is 41.0 Å². The summed E-state index contributed by atoms with van der Waals surface area (Å²) in [6.07, 6.45) is 1.99. The number of carboxylic acid groups (broad SMARTS) is 1. The number of rotatable bonds is 12. The van der Waals surface area contributed by atoms with Crippen molar-refractivity contribution < 1.29 is 24.3 Å². The smallest absolute Gasteiger partial charge is 0.326 e. The zero-order chi connectivity index (χ0) is 22.0. The monoisotopic (exact) mass is 399 g/mol. The van der Waals surface area contributed by atoms with E-state index in [0.29, 0.717) is 25.7 Å². The van der Waals surface area contributed by atoms with Crippen LogP contribution >= 0.6 is 0 Å². The number of hydrogen-bond donors (Lipinski definition) is 3. The molecule has 162 valence electrons. The van der Waals surface area contributed by atoms with Gasteiger partial charge in [-0.25, -0.2) is 4.79 Å². The molecule has 0 aromatic carbocycles. The molecule has 4 atom stereocenters. The largest absolute Gasteiger partial charge is 0.480 e. The van der Waals surface area contributed by atoms with Crippen LogP contribution in [0.5, 0.6) is 0 Å². The number of nitrogens with zero attached hydrogens (tertiary/aromatic N) is 1. The highest BCUT2D eigenvalue weighted by Gasteiger charge is 2.33. The molecule has 28 heavy (non-hydrogen) atoms. The highest BCUT2D eigenvalue weighted by molar-refractivity contribution is 5.93. The molecule has 0 rings (SSSR count). The van der Waals surface area contributed by atoms with Crippen molar-refractivity contribution in [1.82, 2.24) is 15.5 Å². The lowest BCUT2D eigenvalue weighted by atomic mass is 9.97. The zero-order valence-electron chi connectivity index (χ0n) is 18.2. The Morgan fingerprint density at radius 1 is 1.00 bits per heavy atom. The molecule has 0 radical (unpaired) electrons. The lowest BCUT2D eigenvalue weighted by Gasteiger charge is -2.32. The van der Waals surface area contributed by atoms with Crippen LogP contribution in [0.25, 0.3) is 0 Å². The summed E-state index contributed by atoms with van der Waals surface area (Å²) in [5, 5.41) is 14.6. The minimum absolute atomic E-state index is 0.0969. The highest BCUT2D eigenvalue weighted by Crippen LogP contribution is 2.13. The topological polar surface area (TPSA) is 116 Å². The van der Waals surface area contributed by atoms with Gasteiger partial charge in [0.05, 0.1) is 0 Å². The molecule has 8 nitrogen and oxygen atoms in total. The van der Waals surface area contributed by atoms with E-state index in [1.54, 1.807) is 6.92 Å². The molecule has 3 amide bonds. The second kappa shape index (κ2) is 12.4. The molecule has 4 unspecified atom stereocenters. The van der Waals surface area contributed by atoms with Gasteiger partial charge in [-0.3, -0.25) is 14.4 Å². The van der Waals surface area contributed by atoms with E-state index in [1.165, 1.54) is 11.9 Å². The summed E-state index contributed by atoms with van der Waals surface area (Å²) in [5.41, 5.74) is 0. The zero-order valence-corrected chi connectivity index (χ0v) is 18.2. The average molecular weight is 400 g/mol. The molecule has 0 fully saturated rings. The maximum Gasteiger partial charge on any atom is 0.326 e. The fourth-order valence-electron chi connectivity index (χ4n) is 2.73.